The number of nitrogens with zero attached hydrogens (tertiary/aromatic N) is 3. The molecule has 2 heterocycles. The van der Waals surface area contributed by atoms with Gasteiger partial charge in [0.15, 0.2) is 0 Å². The minimum Gasteiger partial charge on any atom is -0.340 e. The van der Waals surface area contributed by atoms with Gasteiger partial charge in [-0.05, 0) is 36.4 Å². The van der Waals surface area contributed by atoms with Crippen molar-refractivity contribution in [1.29, 1.82) is 0 Å². The Bertz CT molecular complexity index is 1060. The fraction of sp³-hybridized carbons (Fsp3) is 0.158. The van der Waals surface area contributed by atoms with Crippen LogP contribution in [-0.4, -0.2) is 32.4 Å². The molecule has 0 fully saturated rings. The van der Waals surface area contributed by atoms with Crippen LogP contribution in [0.5, 0.6) is 0 Å². The third-order valence-electron chi connectivity index (χ3n) is 4.40. The van der Waals surface area contributed by atoms with Crippen molar-refractivity contribution in [2.24, 2.45) is 7.05 Å². The SMILES string of the molecule is CN(Cc1nc2ccccc2[nH]1)C(=O)c1cc2cc(Cl)ccc2n1C. The number of rotatable bonds is 3. The van der Waals surface area contributed by atoms with Crippen molar-refractivity contribution in [2.75, 3.05) is 7.05 Å². The van der Waals surface area contributed by atoms with Crippen molar-refractivity contribution < 1.29 is 4.79 Å². The number of halogens is 1. The molecule has 0 saturated heterocycles. The average molecular weight is 353 g/mol. The number of H-pyrrole nitrogens is 1. The Morgan fingerprint density at radius 3 is 2.84 bits per heavy atom. The van der Waals surface area contributed by atoms with E-state index in [2.05, 4.69) is 9.97 Å². The number of para-hydroxylation sites is 2. The summed E-state index contributed by atoms with van der Waals surface area (Å²) in [4.78, 5) is 22.3. The lowest BCUT2D eigenvalue weighted by Crippen LogP contribution is -2.28. The zero-order valence-electron chi connectivity index (χ0n) is 14.0. The molecule has 0 aliphatic heterocycles. The van der Waals surface area contributed by atoms with Gasteiger partial charge in [0.2, 0.25) is 0 Å². The third kappa shape index (κ3) is 2.76. The lowest BCUT2D eigenvalue weighted by molar-refractivity contribution is 0.0773. The van der Waals surface area contributed by atoms with Crippen molar-refractivity contribution in [3.05, 3.63) is 65.1 Å². The molecule has 0 atom stereocenters. The topological polar surface area (TPSA) is 53.9 Å². The Balaban J connectivity index is 1.62. The van der Waals surface area contributed by atoms with E-state index in [0.717, 1.165) is 27.8 Å². The van der Waals surface area contributed by atoms with E-state index in [9.17, 15) is 4.79 Å². The van der Waals surface area contributed by atoms with E-state index in [1.165, 1.54) is 0 Å². The van der Waals surface area contributed by atoms with E-state index >= 15 is 0 Å². The highest BCUT2D eigenvalue weighted by Crippen LogP contribution is 2.23. The summed E-state index contributed by atoms with van der Waals surface area (Å²) in [6, 6.07) is 15.3. The molecule has 0 unspecified atom stereocenters. The van der Waals surface area contributed by atoms with Crippen molar-refractivity contribution in [2.45, 2.75) is 6.54 Å². The number of carbonyl (C=O) groups excluding carboxylic acids is 1. The van der Waals surface area contributed by atoms with Crippen LogP contribution in [-0.2, 0) is 13.6 Å². The highest BCUT2D eigenvalue weighted by atomic mass is 35.5. The van der Waals surface area contributed by atoms with Crippen LogP contribution >= 0.6 is 11.6 Å². The molecule has 0 spiro atoms. The van der Waals surface area contributed by atoms with Crippen LogP contribution in [0.3, 0.4) is 0 Å². The van der Waals surface area contributed by atoms with Crippen molar-refractivity contribution in [3.8, 4) is 0 Å². The van der Waals surface area contributed by atoms with Gasteiger partial charge in [0.05, 0.1) is 17.6 Å². The molecular weight excluding hydrogens is 336 g/mol. The predicted octanol–water partition coefficient (Wildman–Crippen LogP) is 3.98. The quantitative estimate of drug-likeness (QED) is 0.606. The van der Waals surface area contributed by atoms with Crippen LogP contribution < -0.4 is 0 Å². The highest BCUT2D eigenvalue weighted by Gasteiger charge is 2.18. The molecule has 0 aliphatic rings. The Hall–Kier alpha value is -2.79. The van der Waals surface area contributed by atoms with Crippen molar-refractivity contribution >= 4 is 39.4 Å². The maximum atomic E-state index is 12.9. The summed E-state index contributed by atoms with van der Waals surface area (Å²) in [6.45, 7) is 0.412. The Morgan fingerprint density at radius 1 is 1.24 bits per heavy atom. The second-order valence-electron chi connectivity index (χ2n) is 6.15. The van der Waals surface area contributed by atoms with Crippen molar-refractivity contribution in [1.82, 2.24) is 19.4 Å². The maximum absolute atomic E-state index is 12.9. The van der Waals surface area contributed by atoms with Crippen LogP contribution in [0, 0.1) is 0 Å². The molecule has 126 valence electrons. The van der Waals surface area contributed by atoms with Gasteiger partial charge >= 0.3 is 0 Å². The molecule has 0 saturated carbocycles. The second kappa shape index (κ2) is 5.93. The van der Waals surface area contributed by atoms with Gasteiger partial charge < -0.3 is 14.5 Å². The third-order valence-corrected chi connectivity index (χ3v) is 4.63. The summed E-state index contributed by atoms with van der Waals surface area (Å²) in [5.41, 5.74) is 3.47. The minimum atomic E-state index is -0.0599. The number of imidazole rings is 1. The molecule has 25 heavy (non-hydrogen) atoms. The molecule has 0 aliphatic carbocycles. The number of nitrogens with one attached hydrogen (secondary N) is 1. The molecule has 0 radical (unpaired) electrons. The number of amides is 1. The first kappa shape index (κ1) is 15.7. The van der Waals surface area contributed by atoms with Crippen LogP contribution in [0.2, 0.25) is 5.02 Å². The largest absolute Gasteiger partial charge is 0.340 e. The van der Waals surface area contributed by atoms with Crippen LogP contribution in [0.1, 0.15) is 16.3 Å². The molecule has 4 aromatic rings. The van der Waals surface area contributed by atoms with Crippen LogP contribution in [0.25, 0.3) is 21.9 Å². The molecule has 2 aromatic carbocycles. The summed E-state index contributed by atoms with van der Waals surface area (Å²) >= 11 is 6.05. The number of aryl methyl sites for hydroxylation is 1. The number of aromatic amines is 1. The monoisotopic (exact) mass is 352 g/mol. The number of hydrogen-bond donors (Lipinski definition) is 1. The summed E-state index contributed by atoms with van der Waals surface area (Å²) in [7, 11) is 3.67. The van der Waals surface area contributed by atoms with E-state index in [1.54, 1.807) is 11.9 Å². The van der Waals surface area contributed by atoms with Crippen LogP contribution in [0.4, 0.5) is 0 Å². The van der Waals surface area contributed by atoms with E-state index in [0.29, 0.717) is 17.3 Å². The molecule has 2 aromatic heterocycles. The molecular formula is C19H17ClN4O. The molecule has 1 N–H and O–H groups in total. The average Bonchev–Trinajstić information content (AvgIpc) is 3.14. The smallest absolute Gasteiger partial charge is 0.270 e. The lowest BCUT2D eigenvalue weighted by atomic mass is 10.2. The van der Waals surface area contributed by atoms with Gasteiger partial charge in [-0.1, -0.05) is 23.7 Å². The molecule has 5 nitrogen and oxygen atoms in total. The first-order valence-corrected chi connectivity index (χ1v) is 8.35. The van der Waals surface area contributed by atoms with Crippen molar-refractivity contribution in [3.63, 3.8) is 0 Å². The fourth-order valence-electron chi connectivity index (χ4n) is 3.10. The van der Waals surface area contributed by atoms with Gasteiger partial charge in [-0.15, -0.1) is 0 Å². The molecule has 6 heteroatoms. The number of fused-ring (bicyclic) bond motifs is 2. The normalized spacial score (nSPS) is 11.3. The van der Waals surface area contributed by atoms with Gasteiger partial charge in [0, 0.05) is 30.0 Å². The van der Waals surface area contributed by atoms with Gasteiger partial charge in [0.1, 0.15) is 11.5 Å². The maximum Gasteiger partial charge on any atom is 0.270 e. The van der Waals surface area contributed by atoms with Gasteiger partial charge in [-0.25, -0.2) is 4.98 Å². The number of aromatic nitrogens is 3. The summed E-state index contributed by atoms with van der Waals surface area (Å²) in [6.07, 6.45) is 0. The number of hydrogen-bond acceptors (Lipinski definition) is 2. The summed E-state index contributed by atoms with van der Waals surface area (Å²) < 4.78 is 1.89. The zero-order valence-corrected chi connectivity index (χ0v) is 14.7. The first-order chi connectivity index (χ1) is 12.0. The lowest BCUT2D eigenvalue weighted by Gasteiger charge is -2.16. The van der Waals surface area contributed by atoms with Gasteiger partial charge in [0.25, 0.3) is 5.91 Å². The van der Waals surface area contributed by atoms with Gasteiger partial charge in [-0.3, -0.25) is 4.79 Å². The van der Waals surface area contributed by atoms with E-state index in [1.807, 2.05) is 60.1 Å². The molecule has 0 bridgehead atoms. The summed E-state index contributed by atoms with van der Waals surface area (Å²) in [5, 5.41) is 1.61. The molecule has 4 rings (SSSR count). The van der Waals surface area contributed by atoms with E-state index < -0.39 is 0 Å². The molecule has 1 amide bonds. The summed E-state index contributed by atoms with van der Waals surface area (Å²) in [5.74, 6) is 0.703. The first-order valence-electron chi connectivity index (χ1n) is 7.97. The zero-order chi connectivity index (χ0) is 17.6. The standard InChI is InChI=1S/C19H17ClN4O/c1-23(11-18-21-14-5-3-4-6-15(14)22-18)19(25)17-10-12-9-13(20)7-8-16(12)24(17)2/h3-10H,11H2,1-2H3,(H,21,22). The minimum absolute atomic E-state index is 0.0599. The fourth-order valence-corrected chi connectivity index (χ4v) is 3.28. The van der Waals surface area contributed by atoms with E-state index in [-0.39, 0.29) is 5.91 Å². The second-order valence-corrected chi connectivity index (χ2v) is 6.59. The Morgan fingerprint density at radius 2 is 2.04 bits per heavy atom. The van der Waals surface area contributed by atoms with E-state index in [4.69, 9.17) is 11.6 Å². The number of benzene rings is 2. The Kier molecular flexibility index (Phi) is 3.73. The van der Waals surface area contributed by atoms with Gasteiger partial charge in [-0.2, -0.15) is 0 Å². The predicted molar refractivity (Wildman–Crippen MR) is 99.8 cm³/mol. The Labute approximate surface area is 149 Å². The van der Waals surface area contributed by atoms with Crippen LogP contribution in [0.15, 0.2) is 48.5 Å². The highest BCUT2D eigenvalue weighted by molar-refractivity contribution is 6.31. The number of carbonyl (C=O) groups is 1.